The summed E-state index contributed by atoms with van der Waals surface area (Å²) in [5.74, 6) is 1.30. The maximum atomic E-state index is 13.1. The lowest BCUT2D eigenvalue weighted by Crippen LogP contribution is -2.13. The van der Waals surface area contributed by atoms with Crippen LogP contribution in [0.2, 0.25) is 0 Å². The molecule has 0 spiro atoms. The van der Waals surface area contributed by atoms with Crippen LogP contribution in [-0.2, 0) is 5.41 Å². The Hall–Kier alpha value is -3.28. The van der Waals surface area contributed by atoms with Gasteiger partial charge in [0.05, 0.1) is 25.6 Å². The third-order valence-electron chi connectivity index (χ3n) is 5.69. The van der Waals surface area contributed by atoms with Crippen molar-refractivity contribution in [3.05, 3.63) is 59.3 Å². The molecule has 31 heavy (non-hydrogen) atoms. The van der Waals surface area contributed by atoms with Crippen LogP contribution in [0.15, 0.2) is 42.5 Å². The molecule has 0 bridgehead atoms. The van der Waals surface area contributed by atoms with Crippen molar-refractivity contribution < 1.29 is 14.3 Å². The van der Waals surface area contributed by atoms with Crippen molar-refractivity contribution in [2.24, 2.45) is 0 Å². The predicted molar refractivity (Wildman–Crippen MR) is 122 cm³/mol. The fourth-order valence-electron chi connectivity index (χ4n) is 3.65. The molecule has 1 amide bonds. The molecule has 6 nitrogen and oxygen atoms in total. The van der Waals surface area contributed by atoms with Gasteiger partial charge in [-0.2, -0.15) is 5.10 Å². The molecule has 162 valence electrons. The van der Waals surface area contributed by atoms with Gasteiger partial charge < -0.3 is 14.8 Å². The molecule has 1 aliphatic carbocycles. The summed E-state index contributed by atoms with van der Waals surface area (Å²) < 4.78 is 10.6. The fraction of sp³-hybridized carbons (Fsp3) is 0.360. The average molecular weight is 420 g/mol. The normalized spacial score (nSPS) is 13.7. The van der Waals surface area contributed by atoms with E-state index < -0.39 is 0 Å². The van der Waals surface area contributed by atoms with Gasteiger partial charge in [0.15, 0.2) is 11.5 Å². The Morgan fingerprint density at radius 2 is 1.71 bits per heavy atom. The number of carbonyl (C=O) groups is 1. The first-order valence-corrected chi connectivity index (χ1v) is 10.5. The summed E-state index contributed by atoms with van der Waals surface area (Å²) in [5, 5.41) is 10.8. The van der Waals surface area contributed by atoms with Gasteiger partial charge in [-0.15, -0.1) is 0 Å². The number of aromatic nitrogens is 2. The first-order chi connectivity index (χ1) is 14.8. The highest BCUT2D eigenvalue weighted by Crippen LogP contribution is 2.45. The third-order valence-corrected chi connectivity index (χ3v) is 5.69. The van der Waals surface area contributed by atoms with E-state index in [1.807, 2.05) is 0 Å². The van der Waals surface area contributed by atoms with E-state index >= 15 is 0 Å². The number of amides is 1. The van der Waals surface area contributed by atoms with Gasteiger partial charge in [0, 0.05) is 17.0 Å². The van der Waals surface area contributed by atoms with Crippen LogP contribution in [0.1, 0.15) is 61.1 Å². The number of ether oxygens (including phenoxy) is 2. The standard InChI is InChI=1S/C25H29N3O3/c1-25(2,3)18-11-8-16(9-12-18)22-23(21(27-28-22)15-6-7-15)26-24(29)17-10-13-19(30-4)20(14-17)31-5/h8-15H,6-7H2,1-5H3,(H,26,29)(H,27,28). The minimum atomic E-state index is -0.211. The van der Waals surface area contributed by atoms with E-state index in [4.69, 9.17) is 9.47 Å². The van der Waals surface area contributed by atoms with Crippen LogP contribution < -0.4 is 14.8 Å². The molecule has 0 aliphatic heterocycles. The van der Waals surface area contributed by atoms with Gasteiger partial charge in [-0.05, 0) is 42.0 Å². The number of H-pyrrole nitrogens is 1. The summed E-state index contributed by atoms with van der Waals surface area (Å²) >= 11 is 0. The molecule has 0 saturated heterocycles. The molecule has 3 aromatic rings. The molecule has 1 fully saturated rings. The highest BCUT2D eigenvalue weighted by Gasteiger charge is 2.31. The van der Waals surface area contributed by atoms with Crippen LogP contribution in [0.3, 0.4) is 0 Å². The molecule has 1 aromatic heterocycles. The van der Waals surface area contributed by atoms with Gasteiger partial charge in [-0.3, -0.25) is 9.89 Å². The zero-order chi connectivity index (χ0) is 22.2. The largest absolute Gasteiger partial charge is 0.493 e. The maximum absolute atomic E-state index is 13.1. The van der Waals surface area contributed by atoms with Crippen LogP contribution in [0.25, 0.3) is 11.3 Å². The Kier molecular flexibility index (Phi) is 5.48. The van der Waals surface area contributed by atoms with E-state index in [1.54, 1.807) is 32.4 Å². The number of nitrogens with one attached hydrogen (secondary N) is 2. The second-order valence-corrected chi connectivity index (χ2v) is 8.99. The van der Waals surface area contributed by atoms with Crippen LogP contribution in [0.5, 0.6) is 11.5 Å². The van der Waals surface area contributed by atoms with E-state index in [1.165, 1.54) is 5.56 Å². The third kappa shape index (κ3) is 4.29. The van der Waals surface area contributed by atoms with Crippen LogP contribution in [0, 0.1) is 0 Å². The molecule has 2 aromatic carbocycles. The van der Waals surface area contributed by atoms with E-state index in [9.17, 15) is 4.79 Å². The van der Waals surface area contributed by atoms with E-state index in [0.717, 1.165) is 35.5 Å². The lowest BCUT2D eigenvalue weighted by atomic mass is 9.86. The van der Waals surface area contributed by atoms with Crippen LogP contribution >= 0.6 is 0 Å². The van der Waals surface area contributed by atoms with Gasteiger partial charge in [-0.1, -0.05) is 45.0 Å². The molecule has 1 saturated carbocycles. The van der Waals surface area contributed by atoms with Crippen molar-refractivity contribution in [3.8, 4) is 22.8 Å². The highest BCUT2D eigenvalue weighted by molar-refractivity contribution is 6.06. The molecule has 0 radical (unpaired) electrons. The molecule has 1 heterocycles. The van der Waals surface area contributed by atoms with Gasteiger partial charge >= 0.3 is 0 Å². The Morgan fingerprint density at radius 3 is 2.29 bits per heavy atom. The number of hydrogen-bond donors (Lipinski definition) is 2. The zero-order valence-electron chi connectivity index (χ0n) is 18.7. The smallest absolute Gasteiger partial charge is 0.255 e. The molecule has 6 heteroatoms. The minimum Gasteiger partial charge on any atom is -0.493 e. The first-order valence-electron chi connectivity index (χ1n) is 10.5. The van der Waals surface area contributed by atoms with Crippen molar-refractivity contribution in [2.75, 3.05) is 19.5 Å². The number of rotatable bonds is 6. The van der Waals surface area contributed by atoms with Gasteiger partial charge in [0.2, 0.25) is 0 Å². The molecular weight excluding hydrogens is 390 g/mol. The predicted octanol–water partition coefficient (Wildman–Crippen LogP) is 5.52. The second-order valence-electron chi connectivity index (χ2n) is 8.99. The Morgan fingerprint density at radius 1 is 1.03 bits per heavy atom. The number of hydrogen-bond acceptors (Lipinski definition) is 4. The minimum absolute atomic E-state index is 0.0771. The van der Waals surface area contributed by atoms with Crippen molar-refractivity contribution in [2.45, 2.75) is 44.9 Å². The number of carbonyl (C=O) groups excluding carboxylic acids is 1. The van der Waals surface area contributed by atoms with Crippen molar-refractivity contribution >= 4 is 11.6 Å². The average Bonchev–Trinajstić information content (AvgIpc) is 3.53. The number of benzene rings is 2. The van der Waals surface area contributed by atoms with Crippen LogP contribution in [-0.4, -0.2) is 30.3 Å². The quantitative estimate of drug-likeness (QED) is 0.551. The van der Waals surface area contributed by atoms with Crippen molar-refractivity contribution in [1.29, 1.82) is 0 Å². The van der Waals surface area contributed by atoms with E-state index in [0.29, 0.717) is 23.0 Å². The van der Waals surface area contributed by atoms with E-state index in [2.05, 4.69) is 60.6 Å². The molecule has 2 N–H and O–H groups in total. The highest BCUT2D eigenvalue weighted by atomic mass is 16.5. The zero-order valence-corrected chi connectivity index (χ0v) is 18.7. The van der Waals surface area contributed by atoms with Gasteiger partial charge in [0.25, 0.3) is 5.91 Å². The number of methoxy groups -OCH3 is 2. The molecule has 0 atom stereocenters. The number of nitrogens with zero attached hydrogens (tertiary/aromatic N) is 1. The Bertz CT molecular complexity index is 1090. The summed E-state index contributed by atoms with van der Waals surface area (Å²) in [7, 11) is 3.13. The monoisotopic (exact) mass is 419 g/mol. The summed E-state index contributed by atoms with van der Waals surface area (Å²) in [6.07, 6.45) is 2.20. The summed E-state index contributed by atoms with van der Waals surface area (Å²) in [4.78, 5) is 13.1. The first kappa shape index (κ1) is 21.0. The maximum Gasteiger partial charge on any atom is 0.255 e. The van der Waals surface area contributed by atoms with E-state index in [-0.39, 0.29) is 11.3 Å². The van der Waals surface area contributed by atoms with Gasteiger partial charge in [-0.25, -0.2) is 0 Å². The lowest BCUT2D eigenvalue weighted by Gasteiger charge is -2.19. The molecule has 4 rings (SSSR count). The summed E-state index contributed by atoms with van der Waals surface area (Å²) in [6, 6.07) is 13.5. The Labute approximate surface area is 183 Å². The topological polar surface area (TPSA) is 76.2 Å². The number of aromatic amines is 1. The molecule has 0 unspecified atom stereocenters. The summed E-state index contributed by atoms with van der Waals surface area (Å²) in [5.41, 5.74) is 5.30. The lowest BCUT2D eigenvalue weighted by molar-refractivity contribution is 0.102. The number of anilines is 1. The molecular formula is C25H29N3O3. The van der Waals surface area contributed by atoms with Crippen molar-refractivity contribution in [3.63, 3.8) is 0 Å². The van der Waals surface area contributed by atoms with Crippen LogP contribution in [0.4, 0.5) is 5.69 Å². The van der Waals surface area contributed by atoms with Gasteiger partial charge in [0.1, 0.15) is 5.69 Å². The second kappa shape index (κ2) is 8.10. The summed E-state index contributed by atoms with van der Waals surface area (Å²) in [6.45, 7) is 6.57. The fourth-order valence-corrected chi connectivity index (χ4v) is 3.65. The Balaban J connectivity index is 1.67. The molecule has 1 aliphatic rings. The van der Waals surface area contributed by atoms with Crippen molar-refractivity contribution in [1.82, 2.24) is 10.2 Å². The SMILES string of the molecule is COc1ccc(C(=O)Nc2c(-c3ccc(C(C)(C)C)cc3)n[nH]c2C2CC2)cc1OC.